The molecule has 1 saturated heterocycles. The summed E-state index contributed by atoms with van der Waals surface area (Å²) < 4.78 is 0. The van der Waals surface area contributed by atoms with Gasteiger partial charge in [0, 0.05) is 12.6 Å². The van der Waals surface area contributed by atoms with Crippen molar-refractivity contribution in [3.63, 3.8) is 0 Å². The Balaban J connectivity index is 1.95. The molecule has 0 aromatic heterocycles. The van der Waals surface area contributed by atoms with E-state index >= 15 is 0 Å². The van der Waals surface area contributed by atoms with Crippen molar-refractivity contribution < 1.29 is 9.90 Å². The summed E-state index contributed by atoms with van der Waals surface area (Å²) in [6.45, 7) is 5.94. The molecule has 4 nitrogen and oxygen atoms in total. The molecule has 0 aromatic carbocycles. The van der Waals surface area contributed by atoms with E-state index in [0.29, 0.717) is 18.8 Å². The predicted molar refractivity (Wildman–Crippen MR) is 61.9 cm³/mol. The van der Waals surface area contributed by atoms with Crippen LogP contribution in [0.1, 0.15) is 33.1 Å². The Morgan fingerprint density at radius 3 is 2.62 bits per heavy atom. The fraction of sp³-hybridized carbons (Fsp3) is 0.917. The van der Waals surface area contributed by atoms with Gasteiger partial charge in [-0.05, 0) is 31.7 Å². The average Bonchev–Trinajstić information content (AvgIpc) is 2.64. The fourth-order valence-electron chi connectivity index (χ4n) is 2.69. The minimum atomic E-state index is -0.236. The molecule has 1 atom stereocenters. The molecule has 1 unspecified atom stereocenters. The average molecular weight is 226 g/mol. The lowest BCUT2D eigenvalue weighted by molar-refractivity contribution is -0.134. The van der Waals surface area contributed by atoms with Gasteiger partial charge >= 0.3 is 0 Å². The molecule has 0 aromatic rings. The minimum Gasteiger partial charge on any atom is -0.393 e. The van der Waals surface area contributed by atoms with Crippen LogP contribution in [0.3, 0.4) is 0 Å². The second-order valence-electron chi connectivity index (χ2n) is 5.53. The standard InChI is InChI=1S/C12H22N2O2/c1-8(2)12(3-4-13-7-12)11(16)14-9-5-10(15)6-9/h8-10,13,15H,3-7H2,1-2H3,(H,14,16). The predicted octanol–water partition coefficient (Wildman–Crippen LogP) is 0.262. The summed E-state index contributed by atoms with van der Waals surface area (Å²) in [6.07, 6.45) is 2.15. The van der Waals surface area contributed by atoms with E-state index in [9.17, 15) is 9.90 Å². The van der Waals surface area contributed by atoms with Crippen molar-refractivity contribution in [1.29, 1.82) is 0 Å². The third-order valence-corrected chi connectivity index (χ3v) is 4.19. The lowest BCUT2D eigenvalue weighted by Crippen LogP contribution is -2.54. The Morgan fingerprint density at radius 1 is 1.50 bits per heavy atom. The van der Waals surface area contributed by atoms with E-state index < -0.39 is 0 Å². The highest BCUT2D eigenvalue weighted by molar-refractivity contribution is 5.84. The molecule has 92 valence electrons. The summed E-state index contributed by atoms with van der Waals surface area (Å²) in [6, 6.07) is 0.193. The van der Waals surface area contributed by atoms with Crippen LogP contribution in [0, 0.1) is 11.3 Å². The molecule has 1 aliphatic carbocycles. The molecule has 1 aliphatic heterocycles. The molecule has 4 heteroatoms. The van der Waals surface area contributed by atoms with E-state index in [1.165, 1.54) is 0 Å². The van der Waals surface area contributed by atoms with Crippen molar-refractivity contribution in [2.45, 2.75) is 45.3 Å². The number of amides is 1. The highest BCUT2D eigenvalue weighted by Crippen LogP contribution is 2.35. The summed E-state index contributed by atoms with van der Waals surface area (Å²) in [5.74, 6) is 0.525. The number of carbonyl (C=O) groups excluding carboxylic acids is 1. The number of hydrogen-bond acceptors (Lipinski definition) is 3. The first-order valence-corrected chi connectivity index (χ1v) is 6.24. The van der Waals surface area contributed by atoms with Crippen molar-refractivity contribution in [1.82, 2.24) is 10.6 Å². The second kappa shape index (κ2) is 4.34. The molecule has 2 fully saturated rings. The molecule has 1 saturated carbocycles. The Hall–Kier alpha value is -0.610. The third kappa shape index (κ3) is 1.96. The smallest absolute Gasteiger partial charge is 0.228 e. The Morgan fingerprint density at radius 2 is 2.19 bits per heavy atom. The van der Waals surface area contributed by atoms with Crippen molar-refractivity contribution >= 4 is 5.91 Å². The van der Waals surface area contributed by atoms with Crippen LogP contribution >= 0.6 is 0 Å². The van der Waals surface area contributed by atoms with E-state index in [4.69, 9.17) is 0 Å². The maximum absolute atomic E-state index is 12.3. The first-order chi connectivity index (χ1) is 7.54. The molecule has 3 N–H and O–H groups in total. The number of aliphatic hydroxyl groups excluding tert-OH is 1. The molecule has 16 heavy (non-hydrogen) atoms. The Labute approximate surface area is 96.8 Å². The number of carbonyl (C=O) groups is 1. The second-order valence-corrected chi connectivity index (χ2v) is 5.53. The first-order valence-electron chi connectivity index (χ1n) is 6.24. The quantitative estimate of drug-likeness (QED) is 0.647. The summed E-state index contributed by atoms with van der Waals surface area (Å²) in [5.41, 5.74) is -0.236. The largest absolute Gasteiger partial charge is 0.393 e. The summed E-state index contributed by atoms with van der Waals surface area (Å²) in [4.78, 5) is 12.3. The monoisotopic (exact) mass is 226 g/mol. The van der Waals surface area contributed by atoms with Gasteiger partial charge in [0.2, 0.25) is 5.91 Å². The molecule has 0 spiro atoms. The topological polar surface area (TPSA) is 61.4 Å². The number of rotatable bonds is 3. The number of hydrogen-bond donors (Lipinski definition) is 3. The number of nitrogens with one attached hydrogen (secondary N) is 2. The maximum atomic E-state index is 12.3. The molecule has 1 heterocycles. The van der Waals surface area contributed by atoms with Crippen LogP contribution in [0.4, 0.5) is 0 Å². The lowest BCUT2D eigenvalue weighted by Gasteiger charge is -2.37. The van der Waals surface area contributed by atoms with Crippen LogP contribution in [0.2, 0.25) is 0 Å². The zero-order valence-electron chi connectivity index (χ0n) is 10.1. The van der Waals surface area contributed by atoms with Crippen LogP contribution in [-0.2, 0) is 4.79 Å². The van der Waals surface area contributed by atoms with Gasteiger partial charge in [-0.2, -0.15) is 0 Å². The van der Waals surface area contributed by atoms with Gasteiger partial charge in [-0.15, -0.1) is 0 Å². The third-order valence-electron chi connectivity index (χ3n) is 4.19. The van der Waals surface area contributed by atoms with E-state index in [1.807, 2.05) is 0 Å². The summed E-state index contributed by atoms with van der Waals surface area (Å²) >= 11 is 0. The van der Waals surface area contributed by atoms with Gasteiger partial charge in [0.25, 0.3) is 0 Å². The fourth-order valence-corrected chi connectivity index (χ4v) is 2.69. The van der Waals surface area contributed by atoms with Crippen LogP contribution in [-0.4, -0.2) is 36.2 Å². The van der Waals surface area contributed by atoms with E-state index in [1.54, 1.807) is 0 Å². The van der Waals surface area contributed by atoms with Crippen molar-refractivity contribution in [3.8, 4) is 0 Å². The van der Waals surface area contributed by atoms with Gasteiger partial charge in [-0.25, -0.2) is 0 Å². The molecular weight excluding hydrogens is 204 g/mol. The van der Waals surface area contributed by atoms with E-state index in [-0.39, 0.29) is 23.5 Å². The van der Waals surface area contributed by atoms with Gasteiger partial charge in [-0.3, -0.25) is 4.79 Å². The normalized spacial score (nSPS) is 38.5. The SMILES string of the molecule is CC(C)C1(C(=O)NC2CC(O)C2)CCNC1. The molecule has 2 rings (SSSR count). The van der Waals surface area contributed by atoms with Gasteiger partial charge in [0.15, 0.2) is 0 Å². The molecular formula is C12H22N2O2. The van der Waals surface area contributed by atoms with Gasteiger partial charge in [0.05, 0.1) is 11.5 Å². The molecule has 0 bridgehead atoms. The minimum absolute atomic E-state index is 0.171. The van der Waals surface area contributed by atoms with Gasteiger partial charge < -0.3 is 15.7 Å². The van der Waals surface area contributed by atoms with Crippen molar-refractivity contribution in [3.05, 3.63) is 0 Å². The Bertz CT molecular complexity index is 266. The summed E-state index contributed by atoms with van der Waals surface area (Å²) in [5, 5.41) is 15.6. The molecule has 1 amide bonds. The van der Waals surface area contributed by atoms with Gasteiger partial charge in [-0.1, -0.05) is 13.8 Å². The first kappa shape index (κ1) is 11.9. The molecule has 0 radical (unpaired) electrons. The van der Waals surface area contributed by atoms with Crippen LogP contribution in [0.25, 0.3) is 0 Å². The van der Waals surface area contributed by atoms with Crippen molar-refractivity contribution in [2.75, 3.05) is 13.1 Å². The lowest BCUT2D eigenvalue weighted by atomic mass is 9.75. The summed E-state index contributed by atoms with van der Waals surface area (Å²) in [7, 11) is 0. The highest BCUT2D eigenvalue weighted by atomic mass is 16.3. The zero-order valence-corrected chi connectivity index (χ0v) is 10.1. The number of aliphatic hydroxyl groups is 1. The van der Waals surface area contributed by atoms with Crippen LogP contribution in [0.5, 0.6) is 0 Å². The zero-order chi connectivity index (χ0) is 11.8. The van der Waals surface area contributed by atoms with Gasteiger partial charge in [0.1, 0.15) is 0 Å². The Kier molecular flexibility index (Phi) is 3.22. The molecule has 2 aliphatic rings. The van der Waals surface area contributed by atoms with E-state index in [0.717, 1.165) is 19.5 Å². The van der Waals surface area contributed by atoms with Crippen LogP contribution in [0.15, 0.2) is 0 Å². The van der Waals surface area contributed by atoms with E-state index in [2.05, 4.69) is 24.5 Å². The maximum Gasteiger partial charge on any atom is 0.228 e. The van der Waals surface area contributed by atoms with Crippen molar-refractivity contribution in [2.24, 2.45) is 11.3 Å². The highest BCUT2D eigenvalue weighted by Gasteiger charge is 2.45. The van der Waals surface area contributed by atoms with Crippen LogP contribution < -0.4 is 10.6 Å².